The average molecular weight is 338 g/mol. The van der Waals surface area contributed by atoms with Crippen molar-refractivity contribution in [1.29, 1.82) is 0 Å². The summed E-state index contributed by atoms with van der Waals surface area (Å²) in [5.41, 5.74) is 2.95. The van der Waals surface area contributed by atoms with Crippen LogP contribution in [0.5, 0.6) is 11.5 Å². The van der Waals surface area contributed by atoms with Crippen molar-refractivity contribution < 1.29 is 9.47 Å². The highest BCUT2D eigenvalue weighted by Gasteiger charge is 2.22. The van der Waals surface area contributed by atoms with E-state index in [1.165, 1.54) is 11.1 Å². The van der Waals surface area contributed by atoms with Crippen molar-refractivity contribution in [2.75, 3.05) is 14.2 Å². The minimum Gasteiger partial charge on any atom is -0.493 e. The van der Waals surface area contributed by atoms with Crippen LogP contribution in [0.1, 0.15) is 37.3 Å². The van der Waals surface area contributed by atoms with Gasteiger partial charge in [-0.05, 0) is 60.8 Å². The first kappa shape index (κ1) is 19.1. The SMILES string of the molecule is C=CC[C@@](C)(CCc1ccccc1)CCc1ccc(OC)c(OC)c1. The highest BCUT2D eigenvalue weighted by molar-refractivity contribution is 5.42. The lowest BCUT2D eigenvalue weighted by Crippen LogP contribution is -2.18. The summed E-state index contributed by atoms with van der Waals surface area (Å²) in [6.07, 6.45) is 7.51. The van der Waals surface area contributed by atoms with Crippen LogP contribution in [-0.2, 0) is 12.8 Å². The lowest BCUT2D eigenvalue weighted by molar-refractivity contribution is 0.276. The molecule has 0 saturated carbocycles. The van der Waals surface area contributed by atoms with E-state index in [-0.39, 0.29) is 5.41 Å². The molecular weight excluding hydrogens is 308 g/mol. The van der Waals surface area contributed by atoms with Crippen LogP contribution in [0.2, 0.25) is 0 Å². The second kappa shape index (κ2) is 9.31. The highest BCUT2D eigenvalue weighted by Crippen LogP contribution is 2.35. The van der Waals surface area contributed by atoms with Gasteiger partial charge in [-0.1, -0.05) is 49.4 Å². The number of hydrogen-bond donors (Lipinski definition) is 0. The number of aryl methyl sites for hydroxylation is 2. The van der Waals surface area contributed by atoms with Gasteiger partial charge in [-0.3, -0.25) is 0 Å². The molecule has 2 rings (SSSR count). The lowest BCUT2D eigenvalue weighted by Gasteiger charge is -2.29. The predicted molar refractivity (Wildman–Crippen MR) is 106 cm³/mol. The van der Waals surface area contributed by atoms with E-state index in [1.807, 2.05) is 6.07 Å². The van der Waals surface area contributed by atoms with Gasteiger partial charge in [-0.25, -0.2) is 0 Å². The monoisotopic (exact) mass is 338 g/mol. The lowest BCUT2D eigenvalue weighted by atomic mass is 9.76. The quantitative estimate of drug-likeness (QED) is 0.506. The van der Waals surface area contributed by atoms with Crippen LogP contribution in [0.25, 0.3) is 0 Å². The van der Waals surface area contributed by atoms with E-state index in [0.29, 0.717) is 0 Å². The van der Waals surface area contributed by atoms with Crippen molar-refractivity contribution in [3.8, 4) is 11.5 Å². The summed E-state index contributed by atoms with van der Waals surface area (Å²) in [5, 5.41) is 0. The molecule has 0 aliphatic heterocycles. The molecule has 0 aliphatic carbocycles. The Kier molecular flexibility index (Phi) is 7.12. The number of rotatable bonds is 10. The maximum atomic E-state index is 5.42. The van der Waals surface area contributed by atoms with Crippen LogP contribution in [-0.4, -0.2) is 14.2 Å². The van der Waals surface area contributed by atoms with Crippen LogP contribution >= 0.6 is 0 Å². The molecule has 0 fully saturated rings. The Morgan fingerprint density at radius 1 is 0.880 bits per heavy atom. The van der Waals surface area contributed by atoms with Gasteiger partial charge in [0.1, 0.15) is 0 Å². The Bertz CT molecular complexity index is 663. The molecule has 2 nitrogen and oxygen atoms in total. The van der Waals surface area contributed by atoms with E-state index in [9.17, 15) is 0 Å². The first-order chi connectivity index (χ1) is 12.1. The smallest absolute Gasteiger partial charge is 0.160 e. The molecule has 134 valence electrons. The summed E-state index contributed by atoms with van der Waals surface area (Å²) < 4.78 is 10.7. The van der Waals surface area contributed by atoms with Crippen molar-refractivity contribution in [2.45, 2.75) is 39.0 Å². The normalized spacial score (nSPS) is 13.1. The van der Waals surface area contributed by atoms with Gasteiger partial charge < -0.3 is 9.47 Å². The molecule has 0 saturated heterocycles. The number of ether oxygens (including phenoxy) is 2. The van der Waals surface area contributed by atoms with E-state index in [4.69, 9.17) is 9.47 Å². The van der Waals surface area contributed by atoms with Crippen molar-refractivity contribution in [3.63, 3.8) is 0 Å². The molecule has 0 radical (unpaired) electrons. The van der Waals surface area contributed by atoms with Crippen molar-refractivity contribution >= 4 is 0 Å². The summed E-state index contributed by atoms with van der Waals surface area (Å²) in [6, 6.07) is 16.9. The third-order valence-corrected chi connectivity index (χ3v) is 4.96. The summed E-state index contributed by atoms with van der Waals surface area (Å²) in [5.74, 6) is 1.58. The number of hydrogen-bond acceptors (Lipinski definition) is 2. The van der Waals surface area contributed by atoms with Gasteiger partial charge in [0, 0.05) is 0 Å². The Morgan fingerprint density at radius 2 is 1.52 bits per heavy atom. The minimum absolute atomic E-state index is 0.255. The van der Waals surface area contributed by atoms with Gasteiger partial charge >= 0.3 is 0 Å². The maximum absolute atomic E-state index is 5.42. The molecule has 0 heterocycles. The van der Waals surface area contributed by atoms with Crippen LogP contribution in [0, 0.1) is 5.41 Å². The summed E-state index contributed by atoms with van der Waals surface area (Å²) in [7, 11) is 3.35. The number of methoxy groups -OCH3 is 2. The summed E-state index contributed by atoms with van der Waals surface area (Å²) in [6.45, 7) is 6.34. The van der Waals surface area contributed by atoms with Gasteiger partial charge in [-0.15, -0.1) is 6.58 Å². The molecule has 0 aromatic heterocycles. The van der Waals surface area contributed by atoms with Crippen molar-refractivity contribution in [3.05, 3.63) is 72.3 Å². The molecule has 0 spiro atoms. The average Bonchev–Trinajstić information content (AvgIpc) is 2.66. The first-order valence-corrected chi connectivity index (χ1v) is 8.96. The standard InChI is InChI=1S/C23H30O2/c1-5-15-23(2,16-13-19-9-7-6-8-10-19)17-14-20-11-12-21(24-3)22(18-20)25-4/h5-12,18H,1,13-17H2,2-4H3/t23-/m0/s1. The Labute approximate surface area is 152 Å². The topological polar surface area (TPSA) is 18.5 Å². The van der Waals surface area contributed by atoms with E-state index in [1.54, 1.807) is 14.2 Å². The van der Waals surface area contributed by atoms with E-state index in [0.717, 1.165) is 43.6 Å². The van der Waals surface area contributed by atoms with Gasteiger partial charge in [0.2, 0.25) is 0 Å². The molecule has 25 heavy (non-hydrogen) atoms. The van der Waals surface area contributed by atoms with Gasteiger partial charge in [0.25, 0.3) is 0 Å². The van der Waals surface area contributed by atoms with Crippen molar-refractivity contribution in [1.82, 2.24) is 0 Å². The maximum Gasteiger partial charge on any atom is 0.160 e. The second-order valence-corrected chi connectivity index (χ2v) is 6.98. The molecular formula is C23H30O2. The van der Waals surface area contributed by atoms with Gasteiger partial charge in [-0.2, -0.15) is 0 Å². The third kappa shape index (κ3) is 5.67. The summed E-state index contributed by atoms with van der Waals surface area (Å²) >= 11 is 0. The molecule has 2 aromatic carbocycles. The third-order valence-electron chi connectivity index (χ3n) is 4.96. The zero-order valence-electron chi connectivity index (χ0n) is 15.8. The summed E-state index contributed by atoms with van der Waals surface area (Å²) in [4.78, 5) is 0. The van der Waals surface area contributed by atoms with Crippen LogP contribution in [0.3, 0.4) is 0 Å². The fraction of sp³-hybridized carbons (Fsp3) is 0.391. The first-order valence-electron chi connectivity index (χ1n) is 8.96. The Balaban J connectivity index is 2.01. The van der Waals surface area contributed by atoms with Crippen molar-refractivity contribution in [2.24, 2.45) is 5.41 Å². The number of allylic oxidation sites excluding steroid dienone is 1. The molecule has 0 N–H and O–H groups in total. The van der Waals surface area contributed by atoms with Crippen LogP contribution in [0.15, 0.2) is 61.2 Å². The molecule has 0 amide bonds. The Morgan fingerprint density at radius 3 is 2.12 bits per heavy atom. The molecule has 0 bridgehead atoms. The fourth-order valence-electron chi connectivity index (χ4n) is 3.25. The van der Waals surface area contributed by atoms with E-state index in [2.05, 4.69) is 62.0 Å². The highest BCUT2D eigenvalue weighted by atomic mass is 16.5. The molecule has 1 atom stereocenters. The van der Waals surface area contributed by atoms with Crippen LogP contribution < -0.4 is 9.47 Å². The zero-order valence-corrected chi connectivity index (χ0v) is 15.8. The fourth-order valence-corrected chi connectivity index (χ4v) is 3.25. The minimum atomic E-state index is 0.255. The Hall–Kier alpha value is -2.22. The van der Waals surface area contributed by atoms with E-state index < -0.39 is 0 Å². The number of benzene rings is 2. The van der Waals surface area contributed by atoms with Gasteiger partial charge in [0.05, 0.1) is 14.2 Å². The molecule has 2 aromatic rings. The zero-order chi connectivity index (χ0) is 18.1. The largest absolute Gasteiger partial charge is 0.493 e. The van der Waals surface area contributed by atoms with E-state index >= 15 is 0 Å². The van der Waals surface area contributed by atoms with Gasteiger partial charge in [0.15, 0.2) is 11.5 Å². The second-order valence-electron chi connectivity index (χ2n) is 6.98. The molecule has 0 unspecified atom stereocenters. The predicted octanol–water partition coefficient (Wildman–Crippen LogP) is 5.85. The molecule has 2 heteroatoms. The van der Waals surface area contributed by atoms with Crippen LogP contribution in [0.4, 0.5) is 0 Å². The molecule has 0 aliphatic rings.